The first kappa shape index (κ1) is 13.1. The molecular weight excluding hydrogens is 267 g/mol. The number of halogens is 4. The fourth-order valence-corrected chi connectivity index (χ4v) is 2.59. The third-order valence-electron chi connectivity index (χ3n) is 1.61. The van der Waals surface area contributed by atoms with Crippen molar-refractivity contribution in [2.75, 3.05) is 11.5 Å². The predicted molar refractivity (Wildman–Crippen MR) is 54.0 cm³/mol. The Morgan fingerprint density at radius 1 is 1.25 bits per heavy atom. The van der Waals surface area contributed by atoms with Gasteiger partial charge in [-0.2, -0.15) is 13.2 Å². The molecule has 0 radical (unpaired) electrons. The summed E-state index contributed by atoms with van der Waals surface area (Å²) in [6.07, 6.45) is -4.80. The van der Waals surface area contributed by atoms with Gasteiger partial charge in [-0.25, -0.2) is 8.42 Å². The van der Waals surface area contributed by atoms with Gasteiger partial charge in [0.1, 0.15) is 0 Å². The molecule has 0 amide bonds. The summed E-state index contributed by atoms with van der Waals surface area (Å²) >= 11 is 5.50. The molecule has 3 nitrogen and oxygen atoms in total. The van der Waals surface area contributed by atoms with E-state index in [1.54, 1.807) is 0 Å². The van der Waals surface area contributed by atoms with Gasteiger partial charge in [0.2, 0.25) is 0 Å². The average molecular weight is 274 g/mol. The number of nitrogens with two attached hydrogens (primary N) is 1. The molecule has 2 N–H and O–H groups in total. The van der Waals surface area contributed by atoms with Crippen molar-refractivity contribution in [2.45, 2.75) is 11.1 Å². The molecule has 0 bridgehead atoms. The highest BCUT2D eigenvalue weighted by Crippen LogP contribution is 2.26. The van der Waals surface area contributed by atoms with Crippen molar-refractivity contribution in [3.8, 4) is 0 Å². The molecule has 1 aromatic carbocycles. The first-order valence-corrected chi connectivity index (χ1v) is 5.99. The van der Waals surface area contributed by atoms with Crippen molar-refractivity contribution in [3.05, 3.63) is 23.2 Å². The molecule has 0 aliphatic carbocycles. The van der Waals surface area contributed by atoms with E-state index in [2.05, 4.69) is 0 Å². The molecule has 0 aliphatic rings. The highest BCUT2D eigenvalue weighted by atomic mass is 35.5. The first-order chi connectivity index (χ1) is 7.10. The van der Waals surface area contributed by atoms with Crippen LogP contribution in [0.25, 0.3) is 0 Å². The molecule has 0 fully saturated rings. The zero-order chi connectivity index (χ0) is 12.6. The maximum atomic E-state index is 12.0. The van der Waals surface area contributed by atoms with Gasteiger partial charge in [-0.05, 0) is 18.2 Å². The number of benzene rings is 1. The second-order valence-corrected chi connectivity index (χ2v) is 5.52. The van der Waals surface area contributed by atoms with Gasteiger partial charge in [-0.1, -0.05) is 11.6 Å². The molecule has 90 valence electrons. The molecule has 0 aromatic heterocycles. The van der Waals surface area contributed by atoms with Gasteiger partial charge in [0.05, 0.1) is 4.90 Å². The van der Waals surface area contributed by atoms with Crippen molar-refractivity contribution in [1.82, 2.24) is 0 Å². The van der Waals surface area contributed by atoms with Gasteiger partial charge < -0.3 is 5.73 Å². The Bertz CT molecular complexity index is 478. The smallest absolute Gasteiger partial charge is 0.399 e. The zero-order valence-corrected chi connectivity index (χ0v) is 9.33. The maximum Gasteiger partial charge on any atom is 0.403 e. The molecule has 1 aromatic rings. The van der Waals surface area contributed by atoms with Crippen LogP contribution in [0.4, 0.5) is 18.9 Å². The summed E-state index contributed by atoms with van der Waals surface area (Å²) in [6, 6.07) is 3.11. The molecule has 0 unspecified atom stereocenters. The number of sulfone groups is 1. The minimum Gasteiger partial charge on any atom is -0.399 e. The normalized spacial score (nSPS) is 12.8. The fourth-order valence-electron chi connectivity index (χ4n) is 1.06. The molecule has 0 heterocycles. The fraction of sp³-hybridized carbons (Fsp3) is 0.250. The Morgan fingerprint density at radius 2 is 1.81 bits per heavy atom. The van der Waals surface area contributed by atoms with Crippen LogP contribution in [0.2, 0.25) is 5.02 Å². The lowest BCUT2D eigenvalue weighted by Gasteiger charge is -2.08. The van der Waals surface area contributed by atoms with E-state index in [1.165, 1.54) is 6.07 Å². The molecule has 0 saturated heterocycles. The quantitative estimate of drug-likeness (QED) is 0.841. The Labute approximate surface area is 94.9 Å². The van der Waals surface area contributed by atoms with Crippen LogP contribution in [0.1, 0.15) is 0 Å². The van der Waals surface area contributed by atoms with Gasteiger partial charge in [-0.15, -0.1) is 0 Å². The van der Waals surface area contributed by atoms with E-state index < -0.39 is 26.7 Å². The SMILES string of the molecule is Nc1cc(Cl)cc(S(=O)(=O)CC(F)(F)F)c1. The van der Waals surface area contributed by atoms with E-state index in [-0.39, 0.29) is 10.7 Å². The molecule has 0 atom stereocenters. The number of nitrogen functional groups attached to an aromatic ring is 1. The Balaban J connectivity index is 3.18. The van der Waals surface area contributed by atoms with Crippen LogP contribution < -0.4 is 5.73 Å². The van der Waals surface area contributed by atoms with Crippen LogP contribution in [0.3, 0.4) is 0 Å². The van der Waals surface area contributed by atoms with E-state index in [4.69, 9.17) is 17.3 Å². The summed E-state index contributed by atoms with van der Waals surface area (Å²) in [4.78, 5) is -0.533. The van der Waals surface area contributed by atoms with Gasteiger partial charge in [0, 0.05) is 10.7 Å². The lowest BCUT2D eigenvalue weighted by molar-refractivity contribution is -0.106. The molecule has 16 heavy (non-hydrogen) atoms. The van der Waals surface area contributed by atoms with E-state index in [0.717, 1.165) is 12.1 Å². The lowest BCUT2D eigenvalue weighted by Crippen LogP contribution is -2.23. The second-order valence-electron chi connectivity index (χ2n) is 3.09. The Hall–Kier alpha value is -0.950. The monoisotopic (exact) mass is 273 g/mol. The largest absolute Gasteiger partial charge is 0.403 e. The Morgan fingerprint density at radius 3 is 2.25 bits per heavy atom. The molecule has 0 saturated carbocycles. The standard InChI is InChI=1S/C8H7ClF3NO2S/c9-5-1-6(13)3-7(2-5)16(14,15)4-8(10,11)12/h1-3H,4,13H2. The van der Waals surface area contributed by atoms with Crippen LogP contribution in [-0.4, -0.2) is 20.3 Å². The minimum absolute atomic E-state index is 0.00625. The van der Waals surface area contributed by atoms with Crippen molar-refractivity contribution < 1.29 is 21.6 Å². The third-order valence-corrected chi connectivity index (χ3v) is 3.49. The van der Waals surface area contributed by atoms with E-state index in [0.29, 0.717) is 0 Å². The van der Waals surface area contributed by atoms with Crippen molar-refractivity contribution >= 4 is 27.1 Å². The summed E-state index contributed by atoms with van der Waals surface area (Å²) in [6.45, 7) is 0. The van der Waals surface area contributed by atoms with Crippen LogP contribution in [0.15, 0.2) is 23.1 Å². The van der Waals surface area contributed by atoms with Crippen LogP contribution in [-0.2, 0) is 9.84 Å². The molecule has 0 spiro atoms. The van der Waals surface area contributed by atoms with Crippen molar-refractivity contribution in [1.29, 1.82) is 0 Å². The maximum absolute atomic E-state index is 12.0. The highest BCUT2D eigenvalue weighted by molar-refractivity contribution is 7.91. The number of hydrogen-bond donors (Lipinski definition) is 1. The predicted octanol–water partition coefficient (Wildman–Crippen LogP) is 2.26. The van der Waals surface area contributed by atoms with E-state index >= 15 is 0 Å². The van der Waals surface area contributed by atoms with E-state index in [1.807, 2.05) is 0 Å². The Kier molecular flexibility index (Phi) is 3.39. The number of alkyl halides is 3. The second kappa shape index (κ2) is 4.14. The molecule has 8 heteroatoms. The summed E-state index contributed by atoms with van der Waals surface area (Å²) in [5.41, 5.74) is 5.28. The first-order valence-electron chi connectivity index (χ1n) is 3.96. The average Bonchev–Trinajstić information content (AvgIpc) is 1.96. The zero-order valence-electron chi connectivity index (χ0n) is 7.75. The lowest BCUT2D eigenvalue weighted by atomic mass is 10.3. The summed E-state index contributed by atoms with van der Waals surface area (Å²) in [5.74, 6) is -1.93. The molecule has 0 aliphatic heterocycles. The minimum atomic E-state index is -4.80. The number of hydrogen-bond acceptors (Lipinski definition) is 3. The van der Waals surface area contributed by atoms with Crippen molar-refractivity contribution in [3.63, 3.8) is 0 Å². The van der Waals surface area contributed by atoms with Crippen LogP contribution in [0.5, 0.6) is 0 Å². The number of rotatable bonds is 2. The summed E-state index contributed by atoms with van der Waals surface area (Å²) in [7, 11) is -4.45. The third kappa shape index (κ3) is 3.57. The summed E-state index contributed by atoms with van der Waals surface area (Å²) in [5, 5.41) is -0.0271. The van der Waals surface area contributed by atoms with Gasteiger partial charge >= 0.3 is 6.18 Å². The van der Waals surface area contributed by atoms with E-state index in [9.17, 15) is 21.6 Å². The number of anilines is 1. The van der Waals surface area contributed by atoms with Crippen LogP contribution in [0, 0.1) is 0 Å². The van der Waals surface area contributed by atoms with Gasteiger partial charge in [0.25, 0.3) is 0 Å². The van der Waals surface area contributed by atoms with Crippen LogP contribution >= 0.6 is 11.6 Å². The highest BCUT2D eigenvalue weighted by Gasteiger charge is 2.36. The molecule has 1 rings (SSSR count). The van der Waals surface area contributed by atoms with Crippen molar-refractivity contribution in [2.24, 2.45) is 0 Å². The van der Waals surface area contributed by atoms with Gasteiger partial charge in [0.15, 0.2) is 15.6 Å². The van der Waals surface area contributed by atoms with Gasteiger partial charge in [-0.3, -0.25) is 0 Å². The molecular formula is C8H7ClF3NO2S. The topological polar surface area (TPSA) is 60.2 Å². The summed E-state index contributed by atoms with van der Waals surface area (Å²) < 4.78 is 58.6.